The number of benzene rings is 1. The van der Waals surface area contributed by atoms with Gasteiger partial charge in [0.2, 0.25) is 0 Å². The molecule has 3 aromatic rings. The lowest BCUT2D eigenvalue weighted by Gasteiger charge is -2.27. The Morgan fingerprint density at radius 1 is 1.24 bits per heavy atom. The molecule has 8 heteroatoms. The lowest BCUT2D eigenvalue weighted by molar-refractivity contribution is 0.244. The first-order valence-corrected chi connectivity index (χ1v) is 9.36. The molecule has 0 amide bonds. The molecule has 0 unspecified atom stereocenters. The molecule has 0 bridgehead atoms. The van der Waals surface area contributed by atoms with Crippen LogP contribution in [-0.2, 0) is 19.5 Å². The fourth-order valence-electron chi connectivity index (χ4n) is 2.94. The number of thiazole rings is 1. The van der Waals surface area contributed by atoms with E-state index in [4.69, 9.17) is 23.2 Å². The molecular weight excluding hydrogens is 379 g/mol. The van der Waals surface area contributed by atoms with Gasteiger partial charge in [0.05, 0.1) is 11.3 Å². The molecule has 1 aromatic carbocycles. The van der Waals surface area contributed by atoms with Gasteiger partial charge in [-0.25, -0.2) is 9.97 Å². The molecule has 5 nitrogen and oxygen atoms in total. The number of aromatic nitrogens is 3. The van der Waals surface area contributed by atoms with Crippen molar-refractivity contribution < 1.29 is 0 Å². The first kappa shape index (κ1) is 16.7. The van der Waals surface area contributed by atoms with Crippen LogP contribution in [0.1, 0.15) is 16.1 Å². The monoisotopic (exact) mass is 392 g/mol. The largest absolute Gasteiger partial charge is 0.306 e. The molecule has 0 saturated carbocycles. The van der Waals surface area contributed by atoms with Crippen molar-refractivity contribution >= 4 is 34.5 Å². The third-order valence-corrected chi connectivity index (χ3v) is 5.52. The Morgan fingerprint density at radius 2 is 2.04 bits per heavy atom. The van der Waals surface area contributed by atoms with Crippen molar-refractivity contribution in [1.82, 2.24) is 19.9 Å². The van der Waals surface area contributed by atoms with E-state index in [1.54, 1.807) is 18.3 Å². The number of halogens is 2. The highest BCUT2D eigenvalue weighted by Crippen LogP contribution is 2.23. The minimum Gasteiger partial charge on any atom is -0.306 e. The van der Waals surface area contributed by atoms with E-state index in [2.05, 4.69) is 19.9 Å². The number of hydrogen-bond acceptors (Lipinski definition) is 5. The summed E-state index contributed by atoms with van der Waals surface area (Å²) in [4.78, 5) is 27.5. The molecule has 0 radical (unpaired) electrons. The van der Waals surface area contributed by atoms with Crippen molar-refractivity contribution in [2.45, 2.75) is 19.5 Å². The predicted octanol–water partition coefficient (Wildman–Crippen LogP) is 3.76. The van der Waals surface area contributed by atoms with Crippen LogP contribution in [0.4, 0.5) is 0 Å². The molecule has 1 N–H and O–H groups in total. The van der Waals surface area contributed by atoms with E-state index in [0.717, 1.165) is 41.2 Å². The summed E-state index contributed by atoms with van der Waals surface area (Å²) in [5.41, 5.74) is 2.37. The van der Waals surface area contributed by atoms with Crippen molar-refractivity contribution in [3.8, 4) is 11.4 Å². The van der Waals surface area contributed by atoms with Gasteiger partial charge in [-0.05, 0) is 24.3 Å². The van der Waals surface area contributed by atoms with Gasteiger partial charge in [-0.1, -0.05) is 23.2 Å². The molecule has 0 saturated heterocycles. The Bertz CT molecular complexity index is 968. The highest BCUT2D eigenvalue weighted by atomic mass is 35.5. The highest BCUT2D eigenvalue weighted by Gasteiger charge is 2.22. The lowest BCUT2D eigenvalue weighted by Crippen LogP contribution is -2.35. The van der Waals surface area contributed by atoms with Gasteiger partial charge in [0.1, 0.15) is 5.82 Å². The molecule has 1 aliphatic heterocycles. The second-order valence-electron chi connectivity index (χ2n) is 5.89. The summed E-state index contributed by atoms with van der Waals surface area (Å²) < 4.78 is 0.541. The van der Waals surface area contributed by atoms with Crippen LogP contribution in [0.5, 0.6) is 0 Å². The normalized spacial score (nSPS) is 14.5. The smallest absolute Gasteiger partial charge is 0.255 e. The summed E-state index contributed by atoms with van der Waals surface area (Å²) in [6.07, 6.45) is 2.53. The molecule has 25 heavy (non-hydrogen) atoms. The van der Waals surface area contributed by atoms with Crippen LogP contribution in [-0.4, -0.2) is 26.4 Å². The third-order valence-electron chi connectivity index (χ3n) is 4.17. The molecule has 0 fully saturated rings. The van der Waals surface area contributed by atoms with E-state index in [1.807, 2.05) is 12.1 Å². The number of nitrogens with zero attached hydrogens (tertiary/aromatic N) is 3. The number of hydrogen-bond donors (Lipinski definition) is 1. The third kappa shape index (κ3) is 3.62. The summed E-state index contributed by atoms with van der Waals surface area (Å²) in [5, 5.41) is 0.655. The second-order valence-corrected chi connectivity index (χ2v) is 8.02. The van der Waals surface area contributed by atoms with Crippen LogP contribution in [0.25, 0.3) is 11.4 Å². The lowest BCUT2D eigenvalue weighted by atomic mass is 10.1. The Kier molecular flexibility index (Phi) is 4.60. The zero-order chi connectivity index (χ0) is 17.4. The molecule has 128 valence electrons. The van der Waals surface area contributed by atoms with E-state index >= 15 is 0 Å². The van der Waals surface area contributed by atoms with Crippen molar-refractivity contribution in [1.29, 1.82) is 0 Å². The van der Waals surface area contributed by atoms with E-state index in [-0.39, 0.29) is 5.56 Å². The van der Waals surface area contributed by atoms with Crippen LogP contribution in [0.15, 0.2) is 35.3 Å². The molecule has 0 aliphatic carbocycles. The summed E-state index contributed by atoms with van der Waals surface area (Å²) in [6.45, 7) is 2.16. The van der Waals surface area contributed by atoms with E-state index < -0.39 is 0 Å². The molecule has 0 spiro atoms. The van der Waals surface area contributed by atoms with Crippen molar-refractivity contribution in [2.24, 2.45) is 0 Å². The van der Waals surface area contributed by atoms with Crippen LogP contribution < -0.4 is 5.56 Å². The Morgan fingerprint density at radius 3 is 2.76 bits per heavy atom. The van der Waals surface area contributed by atoms with Gasteiger partial charge < -0.3 is 4.98 Å². The fourth-order valence-corrected chi connectivity index (χ4v) is 4.08. The standard InChI is InChI=1S/C17H14Cl2N4OS/c18-11-3-1-10(2-4-11)15-21-14-5-6-23(9-13(14)16(24)22-15)8-12-7-20-17(19)25-12/h1-4,7H,5-6,8-9H2,(H,21,22,24). The maximum Gasteiger partial charge on any atom is 0.255 e. The molecule has 4 rings (SSSR count). The Labute approximate surface area is 158 Å². The van der Waals surface area contributed by atoms with Gasteiger partial charge in [0, 0.05) is 47.7 Å². The molecule has 2 aromatic heterocycles. The van der Waals surface area contributed by atoms with Crippen molar-refractivity contribution in [2.75, 3.05) is 6.54 Å². The number of nitrogens with one attached hydrogen (secondary N) is 1. The predicted molar refractivity (Wildman–Crippen MR) is 100 cm³/mol. The molecule has 1 aliphatic rings. The Hall–Kier alpha value is -1.73. The van der Waals surface area contributed by atoms with Crippen molar-refractivity contribution in [3.63, 3.8) is 0 Å². The number of aromatic amines is 1. The highest BCUT2D eigenvalue weighted by molar-refractivity contribution is 7.15. The average molecular weight is 393 g/mol. The van der Waals surface area contributed by atoms with E-state index in [9.17, 15) is 4.79 Å². The quantitative estimate of drug-likeness (QED) is 0.736. The number of H-pyrrole nitrogens is 1. The number of fused-ring (bicyclic) bond motifs is 1. The fraction of sp³-hybridized carbons (Fsp3) is 0.235. The second kappa shape index (κ2) is 6.88. The van der Waals surface area contributed by atoms with Crippen LogP contribution in [0, 0.1) is 0 Å². The molecule has 3 heterocycles. The maximum atomic E-state index is 12.5. The molecule has 0 atom stereocenters. The molecular formula is C17H14Cl2N4OS. The van der Waals surface area contributed by atoms with Crippen LogP contribution in [0.3, 0.4) is 0 Å². The zero-order valence-electron chi connectivity index (χ0n) is 13.1. The van der Waals surface area contributed by atoms with Crippen LogP contribution >= 0.6 is 34.5 Å². The summed E-state index contributed by atoms with van der Waals surface area (Å²) in [7, 11) is 0. The summed E-state index contributed by atoms with van der Waals surface area (Å²) in [6, 6.07) is 7.29. The van der Waals surface area contributed by atoms with Crippen molar-refractivity contribution in [3.05, 3.63) is 66.4 Å². The minimum atomic E-state index is -0.0815. The van der Waals surface area contributed by atoms with Gasteiger partial charge in [-0.2, -0.15) is 0 Å². The van der Waals surface area contributed by atoms with Gasteiger partial charge in [-0.3, -0.25) is 9.69 Å². The first-order valence-electron chi connectivity index (χ1n) is 7.79. The zero-order valence-corrected chi connectivity index (χ0v) is 15.5. The van der Waals surface area contributed by atoms with E-state index in [1.165, 1.54) is 11.3 Å². The average Bonchev–Trinajstić information content (AvgIpc) is 3.01. The summed E-state index contributed by atoms with van der Waals surface area (Å²) in [5.74, 6) is 0.586. The topological polar surface area (TPSA) is 61.9 Å². The Balaban J connectivity index is 1.59. The van der Waals surface area contributed by atoms with Gasteiger partial charge in [0.25, 0.3) is 5.56 Å². The van der Waals surface area contributed by atoms with E-state index in [0.29, 0.717) is 21.9 Å². The van der Waals surface area contributed by atoms with Gasteiger partial charge >= 0.3 is 0 Å². The summed E-state index contributed by atoms with van der Waals surface area (Å²) >= 11 is 13.3. The number of rotatable bonds is 3. The maximum absolute atomic E-state index is 12.5. The minimum absolute atomic E-state index is 0.0815. The van der Waals surface area contributed by atoms with Gasteiger partial charge in [0.15, 0.2) is 4.47 Å². The first-order chi connectivity index (χ1) is 12.1. The van der Waals surface area contributed by atoms with Gasteiger partial charge in [-0.15, -0.1) is 11.3 Å². The SMILES string of the molecule is O=c1[nH]c(-c2ccc(Cl)cc2)nc2c1CN(Cc1cnc(Cl)s1)CC2. The van der Waals surface area contributed by atoms with Crippen LogP contribution in [0.2, 0.25) is 9.49 Å².